The first-order valence-electron chi connectivity index (χ1n) is 6.22. The molecule has 6 nitrogen and oxygen atoms in total. The highest BCUT2D eigenvalue weighted by molar-refractivity contribution is 6.30. The van der Waals surface area contributed by atoms with E-state index in [2.05, 4.69) is 10.0 Å². The monoisotopic (exact) mass is 317 g/mol. The summed E-state index contributed by atoms with van der Waals surface area (Å²) >= 11 is 5.82. The maximum atomic E-state index is 12.6. The van der Waals surface area contributed by atoms with Gasteiger partial charge in [0.2, 0.25) is 0 Å². The van der Waals surface area contributed by atoms with Crippen molar-refractivity contribution in [3.8, 4) is 11.5 Å². The number of ether oxygens (including phenoxy) is 2. The normalized spacial score (nSPS) is 9.77. The summed E-state index contributed by atoms with van der Waals surface area (Å²) in [5, 5.41) is 4.08. The number of carbonyl (C=O) groups is 1. The summed E-state index contributed by atoms with van der Waals surface area (Å²) in [6.07, 6.45) is 0. The Morgan fingerprint density at radius 2 is 1.73 bits per heavy atom. The minimum absolute atomic E-state index is 0.167. The third-order valence-electron chi connectivity index (χ3n) is 3.01. The van der Waals surface area contributed by atoms with Crippen molar-refractivity contribution in [1.82, 2.24) is 0 Å². The smallest absolute Gasteiger partial charge is 0.193 e. The first-order chi connectivity index (χ1) is 10.6. The topological polar surface area (TPSA) is 84.3 Å². The molecule has 0 radical (unpaired) electrons. The Balaban J connectivity index is 2.59. The van der Waals surface area contributed by atoms with Crippen LogP contribution in [0, 0.1) is 0 Å². The number of azide groups is 1. The van der Waals surface area contributed by atoms with Gasteiger partial charge in [-0.05, 0) is 41.9 Å². The van der Waals surface area contributed by atoms with Crippen LogP contribution in [0.15, 0.2) is 41.5 Å². The maximum absolute atomic E-state index is 12.6. The molecule has 0 saturated carbocycles. The average molecular weight is 318 g/mol. The molecule has 2 aromatic carbocycles. The van der Waals surface area contributed by atoms with E-state index in [9.17, 15) is 4.79 Å². The molecule has 0 spiro atoms. The summed E-state index contributed by atoms with van der Waals surface area (Å²) in [5.41, 5.74) is 9.49. The highest BCUT2D eigenvalue weighted by Gasteiger charge is 2.17. The lowest BCUT2D eigenvalue weighted by molar-refractivity contribution is 0.103. The summed E-state index contributed by atoms with van der Waals surface area (Å²) in [4.78, 5) is 15.3. The third kappa shape index (κ3) is 3.14. The SMILES string of the molecule is COc1cc(N=[N+]=[N-])c(C(=O)c2ccc(Cl)cc2)cc1OC. The molecule has 0 heterocycles. The van der Waals surface area contributed by atoms with Crippen LogP contribution in [0.4, 0.5) is 5.69 Å². The zero-order chi connectivity index (χ0) is 16.1. The van der Waals surface area contributed by atoms with E-state index in [1.54, 1.807) is 24.3 Å². The van der Waals surface area contributed by atoms with E-state index in [0.29, 0.717) is 22.1 Å². The van der Waals surface area contributed by atoms with Gasteiger partial charge in [-0.1, -0.05) is 16.7 Å². The van der Waals surface area contributed by atoms with Gasteiger partial charge in [-0.25, -0.2) is 0 Å². The molecular weight excluding hydrogens is 306 g/mol. The standard InChI is InChI=1S/C15H12ClN3O3/c1-21-13-7-11(12(18-19-17)8-14(13)22-2)15(20)9-3-5-10(16)6-4-9/h3-8H,1-2H3. The number of methoxy groups -OCH3 is 2. The van der Waals surface area contributed by atoms with E-state index >= 15 is 0 Å². The zero-order valence-electron chi connectivity index (χ0n) is 11.9. The van der Waals surface area contributed by atoms with Gasteiger partial charge in [-0.3, -0.25) is 4.79 Å². The fourth-order valence-electron chi connectivity index (χ4n) is 1.94. The molecule has 0 fully saturated rings. The van der Waals surface area contributed by atoms with Gasteiger partial charge >= 0.3 is 0 Å². The molecule has 7 heteroatoms. The van der Waals surface area contributed by atoms with Crippen LogP contribution < -0.4 is 9.47 Å². The number of hydrogen-bond donors (Lipinski definition) is 0. The van der Waals surface area contributed by atoms with Crippen LogP contribution in [0.2, 0.25) is 5.02 Å². The van der Waals surface area contributed by atoms with Crippen molar-refractivity contribution >= 4 is 23.1 Å². The first kappa shape index (κ1) is 15.7. The van der Waals surface area contributed by atoms with Crippen LogP contribution >= 0.6 is 11.6 Å². The highest BCUT2D eigenvalue weighted by atomic mass is 35.5. The van der Waals surface area contributed by atoms with Crippen molar-refractivity contribution in [2.75, 3.05) is 14.2 Å². The van der Waals surface area contributed by atoms with Gasteiger partial charge in [0.25, 0.3) is 0 Å². The Morgan fingerprint density at radius 3 is 2.27 bits per heavy atom. The van der Waals surface area contributed by atoms with Crippen molar-refractivity contribution in [3.63, 3.8) is 0 Å². The Labute approximate surface area is 131 Å². The minimum atomic E-state index is -0.306. The van der Waals surface area contributed by atoms with Crippen molar-refractivity contribution in [2.24, 2.45) is 5.11 Å². The largest absolute Gasteiger partial charge is 0.493 e. The fourth-order valence-corrected chi connectivity index (χ4v) is 2.06. The van der Waals surface area contributed by atoms with Crippen LogP contribution in [0.25, 0.3) is 10.4 Å². The molecule has 2 aromatic rings. The Kier molecular flexibility index (Phi) is 4.88. The van der Waals surface area contributed by atoms with Crippen molar-refractivity contribution in [1.29, 1.82) is 0 Å². The van der Waals surface area contributed by atoms with Crippen LogP contribution in [0.5, 0.6) is 11.5 Å². The molecule has 0 bridgehead atoms. The number of halogens is 1. The number of benzene rings is 2. The minimum Gasteiger partial charge on any atom is -0.493 e. The van der Waals surface area contributed by atoms with E-state index in [4.69, 9.17) is 26.6 Å². The summed E-state index contributed by atoms with van der Waals surface area (Å²) < 4.78 is 10.3. The molecule has 0 atom stereocenters. The number of nitrogens with zero attached hydrogens (tertiary/aromatic N) is 3. The molecule has 2 rings (SSSR count). The number of carbonyl (C=O) groups excluding carboxylic acids is 1. The maximum Gasteiger partial charge on any atom is 0.193 e. The van der Waals surface area contributed by atoms with Crippen LogP contribution in [0.3, 0.4) is 0 Å². The highest BCUT2D eigenvalue weighted by Crippen LogP contribution is 2.36. The van der Waals surface area contributed by atoms with E-state index in [1.165, 1.54) is 26.4 Å². The van der Waals surface area contributed by atoms with Crippen LogP contribution in [-0.4, -0.2) is 20.0 Å². The van der Waals surface area contributed by atoms with E-state index in [-0.39, 0.29) is 17.0 Å². The van der Waals surface area contributed by atoms with Crippen molar-refractivity contribution < 1.29 is 14.3 Å². The van der Waals surface area contributed by atoms with Gasteiger partial charge in [0.15, 0.2) is 17.3 Å². The van der Waals surface area contributed by atoms with Gasteiger partial charge in [-0.2, -0.15) is 0 Å². The second-order valence-electron chi connectivity index (χ2n) is 4.25. The molecule has 0 N–H and O–H groups in total. The summed E-state index contributed by atoms with van der Waals surface area (Å²) in [7, 11) is 2.92. The lowest BCUT2D eigenvalue weighted by Gasteiger charge is -2.12. The second-order valence-corrected chi connectivity index (χ2v) is 4.69. The van der Waals surface area contributed by atoms with Gasteiger partial charge < -0.3 is 9.47 Å². The second kappa shape index (κ2) is 6.85. The lowest BCUT2D eigenvalue weighted by atomic mass is 10.0. The molecular formula is C15H12ClN3O3. The van der Waals surface area contributed by atoms with Crippen LogP contribution in [-0.2, 0) is 0 Å². The first-order valence-corrected chi connectivity index (χ1v) is 6.60. The number of hydrogen-bond acceptors (Lipinski definition) is 4. The summed E-state index contributed by atoms with van der Waals surface area (Å²) in [6, 6.07) is 9.37. The predicted octanol–water partition coefficient (Wildman–Crippen LogP) is 4.53. The lowest BCUT2D eigenvalue weighted by Crippen LogP contribution is -2.03. The molecule has 0 aromatic heterocycles. The van der Waals surface area contributed by atoms with Gasteiger partial charge in [-0.15, -0.1) is 0 Å². The van der Waals surface area contributed by atoms with Crippen molar-refractivity contribution in [2.45, 2.75) is 0 Å². The van der Waals surface area contributed by atoms with E-state index < -0.39 is 0 Å². The molecule has 112 valence electrons. The molecule has 0 aliphatic rings. The third-order valence-corrected chi connectivity index (χ3v) is 3.26. The average Bonchev–Trinajstić information content (AvgIpc) is 2.54. The Morgan fingerprint density at radius 1 is 1.14 bits per heavy atom. The zero-order valence-corrected chi connectivity index (χ0v) is 12.7. The van der Waals surface area contributed by atoms with Crippen LogP contribution in [0.1, 0.15) is 15.9 Å². The molecule has 0 aliphatic heterocycles. The quantitative estimate of drug-likeness (QED) is 0.351. The van der Waals surface area contributed by atoms with Crippen molar-refractivity contribution in [3.05, 3.63) is 63.0 Å². The summed E-state index contributed by atoms with van der Waals surface area (Å²) in [6.45, 7) is 0. The van der Waals surface area contributed by atoms with Gasteiger partial charge in [0.05, 0.1) is 19.9 Å². The summed E-state index contributed by atoms with van der Waals surface area (Å²) in [5.74, 6) is 0.439. The molecule has 0 amide bonds. The number of ketones is 1. The van der Waals surface area contributed by atoms with E-state index in [0.717, 1.165) is 0 Å². The molecule has 0 unspecified atom stereocenters. The van der Waals surface area contributed by atoms with Gasteiger partial charge in [0, 0.05) is 21.1 Å². The van der Waals surface area contributed by atoms with Gasteiger partial charge in [0.1, 0.15) is 0 Å². The molecule has 0 aliphatic carbocycles. The predicted molar refractivity (Wildman–Crippen MR) is 83.2 cm³/mol. The van der Waals surface area contributed by atoms with E-state index in [1.807, 2.05) is 0 Å². The fraction of sp³-hybridized carbons (Fsp3) is 0.133. The molecule has 0 saturated heterocycles. The Hall–Kier alpha value is -2.69. The number of rotatable bonds is 5. The molecule has 22 heavy (non-hydrogen) atoms. The Bertz CT molecular complexity index is 753.